The van der Waals surface area contributed by atoms with Crippen LogP contribution in [-0.4, -0.2) is 13.3 Å². The van der Waals surface area contributed by atoms with Crippen molar-refractivity contribution in [1.29, 1.82) is 0 Å². The molecule has 5 heavy (non-hydrogen) atoms. The molecule has 2 radical (unpaired) electrons. The number of hydrogen-bond donors (Lipinski definition) is 2. The van der Waals surface area contributed by atoms with Gasteiger partial charge in [-0.2, -0.15) is 4.21 Å². The van der Waals surface area contributed by atoms with Gasteiger partial charge >= 0.3 is 0 Å². The fourth-order valence-electron chi connectivity index (χ4n) is 0. The van der Waals surface area contributed by atoms with Crippen LogP contribution < -0.4 is 0 Å². The van der Waals surface area contributed by atoms with E-state index in [4.69, 9.17) is 13.3 Å². The van der Waals surface area contributed by atoms with Gasteiger partial charge in [0.2, 0.25) is 0 Å². The maximum Gasteiger partial charge on any atom is 0.299 e. The van der Waals surface area contributed by atoms with Crippen molar-refractivity contribution in [2.75, 3.05) is 0 Å². The minimum Gasteiger partial charge on any atom is -0.284 e. The minimum atomic E-state index is -2.61. The molecule has 0 aliphatic heterocycles. The second-order valence-electron chi connectivity index (χ2n) is 0.231. The molecule has 0 rings (SSSR count). The summed E-state index contributed by atoms with van der Waals surface area (Å²) in [7, 11) is 0. The van der Waals surface area contributed by atoms with Crippen molar-refractivity contribution in [3.63, 3.8) is 0 Å². The standard InChI is InChI=1S/H2O3S.Ra/c1-4(2)3;/h(H2,1,2,3);. The summed E-state index contributed by atoms with van der Waals surface area (Å²) >= 11 is -2.61. The summed E-state index contributed by atoms with van der Waals surface area (Å²) in [5, 5.41) is 0. The Labute approximate surface area is 68.7 Å². The maximum absolute atomic E-state index is 8.67. The molecule has 0 spiro atoms. The molecule has 0 aliphatic rings. The number of hydrogen-bond acceptors (Lipinski definition) is 1. The molecule has 0 aromatic carbocycles. The van der Waals surface area contributed by atoms with E-state index in [1.165, 1.54) is 0 Å². The monoisotopic (exact) mass is 308 g/mol. The maximum atomic E-state index is 8.67. The van der Waals surface area contributed by atoms with Gasteiger partial charge in [-0.25, -0.2) is 0 Å². The molecule has 5 heteroatoms. The summed E-state index contributed by atoms with van der Waals surface area (Å²) in [5.41, 5.74) is 0. The van der Waals surface area contributed by atoms with E-state index in [0.29, 0.717) is 0 Å². The van der Waals surface area contributed by atoms with Crippen molar-refractivity contribution < 1.29 is 58.3 Å². The van der Waals surface area contributed by atoms with Gasteiger partial charge in [-0.1, -0.05) is 0 Å². The van der Waals surface area contributed by atoms with Crippen LogP contribution in [0.25, 0.3) is 0 Å². The van der Waals surface area contributed by atoms with Crippen molar-refractivity contribution in [2.45, 2.75) is 0 Å². The Balaban J connectivity index is 0. The van der Waals surface area contributed by atoms with Gasteiger partial charge in [0.1, 0.15) is 0 Å². The number of rotatable bonds is 0. The Bertz CT molecular complexity index is 29.9. The zero-order valence-corrected chi connectivity index (χ0v) is 9.05. The van der Waals surface area contributed by atoms with E-state index >= 15 is 0 Å². The fraction of sp³-hybridized carbons (Fsp3) is 0. The average Bonchev–Trinajstić information content (AvgIpc) is 0.811. The molecular weight excluding hydrogens is 306 g/mol. The Hall–Kier alpha value is 1.54. The predicted octanol–water partition coefficient (Wildman–Crippen LogP) is -0.319. The van der Waals surface area contributed by atoms with E-state index in [9.17, 15) is 0 Å². The largest absolute Gasteiger partial charge is 0.299 e. The summed E-state index contributed by atoms with van der Waals surface area (Å²) in [5.74, 6) is 0. The van der Waals surface area contributed by atoms with E-state index in [0.717, 1.165) is 0 Å². The van der Waals surface area contributed by atoms with Crippen LogP contribution >= 0.6 is 0 Å². The molecule has 0 heterocycles. The van der Waals surface area contributed by atoms with E-state index in [1.54, 1.807) is 0 Å². The van der Waals surface area contributed by atoms with Crippen LogP contribution in [0.3, 0.4) is 0 Å². The van der Waals surface area contributed by atoms with Crippen LogP contribution in [0.5, 0.6) is 0 Å². The minimum absolute atomic E-state index is 0. The Kier molecular flexibility index (Phi) is 10.8. The van der Waals surface area contributed by atoms with Gasteiger partial charge < -0.3 is 0 Å². The molecular formula is H2O3RaS. The van der Waals surface area contributed by atoms with Crippen molar-refractivity contribution in [2.24, 2.45) is 0 Å². The molecule has 0 amide bonds. The third-order valence-electron chi connectivity index (χ3n) is 0. The third-order valence-corrected chi connectivity index (χ3v) is 0. The van der Waals surface area contributed by atoms with E-state index in [1.807, 2.05) is 0 Å². The van der Waals surface area contributed by atoms with E-state index in [2.05, 4.69) is 0 Å². The van der Waals surface area contributed by atoms with Crippen LogP contribution in [0.2, 0.25) is 0 Å². The van der Waals surface area contributed by atoms with Gasteiger partial charge in [0.15, 0.2) is 0 Å². The summed E-state index contributed by atoms with van der Waals surface area (Å²) in [4.78, 5) is 0. The third kappa shape index (κ3) is 29.3. The fourth-order valence-corrected chi connectivity index (χ4v) is 0. The molecule has 0 aliphatic carbocycles. The first-order valence-corrected chi connectivity index (χ1v) is 1.60. The Morgan fingerprint density at radius 1 is 1.40 bits per heavy atom. The van der Waals surface area contributed by atoms with Gasteiger partial charge in [-0.3, -0.25) is 9.11 Å². The van der Waals surface area contributed by atoms with Crippen LogP contribution in [0.1, 0.15) is 0 Å². The summed E-state index contributed by atoms with van der Waals surface area (Å²) in [6.07, 6.45) is 0. The molecule has 0 fully saturated rings. The second kappa shape index (κ2) is 5.54. The molecule has 28 valence electrons. The smallest absolute Gasteiger partial charge is 0.284 e. The zero-order valence-electron chi connectivity index (χ0n) is 2.42. The van der Waals surface area contributed by atoms with Gasteiger partial charge in [0.05, 0.1) is 0 Å². The summed E-state index contributed by atoms with van der Waals surface area (Å²) in [6, 6.07) is 0. The molecule has 0 bridgehead atoms. The Morgan fingerprint density at radius 2 is 1.40 bits per heavy atom. The van der Waals surface area contributed by atoms with Gasteiger partial charge in [0, 0.05) is 45.0 Å². The topological polar surface area (TPSA) is 57.5 Å². The molecule has 0 saturated carbocycles. The zero-order chi connectivity index (χ0) is 3.58. The van der Waals surface area contributed by atoms with Crippen molar-refractivity contribution in [3.05, 3.63) is 0 Å². The predicted molar refractivity (Wildman–Crippen MR) is 13.4 cm³/mol. The van der Waals surface area contributed by atoms with Crippen molar-refractivity contribution >= 4 is 11.4 Å². The average molecular weight is 308 g/mol. The SMILES string of the molecule is O=S(O)O.[Ra]. The quantitative estimate of drug-likeness (QED) is 0.603. The molecule has 0 unspecified atom stereocenters. The van der Waals surface area contributed by atoms with E-state index in [-0.39, 0.29) is 45.0 Å². The first-order valence-electron chi connectivity index (χ1n) is 0.532. The van der Waals surface area contributed by atoms with E-state index < -0.39 is 11.4 Å². The second-order valence-corrected chi connectivity index (χ2v) is 0.692. The van der Waals surface area contributed by atoms with Gasteiger partial charge in [0.25, 0.3) is 11.4 Å². The van der Waals surface area contributed by atoms with Gasteiger partial charge in [-0.15, -0.1) is 0 Å². The van der Waals surface area contributed by atoms with Crippen molar-refractivity contribution in [3.8, 4) is 0 Å². The van der Waals surface area contributed by atoms with Crippen LogP contribution in [0, 0.1) is 45.0 Å². The first kappa shape index (κ1) is 9.74. The summed E-state index contributed by atoms with van der Waals surface area (Å²) < 4.78 is 22.8. The molecule has 0 saturated heterocycles. The first-order chi connectivity index (χ1) is 1.73. The molecule has 0 aromatic heterocycles. The van der Waals surface area contributed by atoms with Gasteiger partial charge in [-0.05, 0) is 0 Å². The molecule has 2 N–H and O–H groups in total. The van der Waals surface area contributed by atoms with Crippen LogP contribution in [-0.2, 0) is 11.4 Å². The molecule has 3 nitrogen and oxygen atoms in total. The summed E-state index contributed by atoms with van der Waals surface area (Å²) in [6.45, 7) is 0. The molecule has 0 aromatic rings. The molecule has 0 atom stereocenters. The van der Waals surface area contributed by atoms with Crippen LogP contribution in [0.4, 0.5) is 0 Å². The van der Waals surface area contributed by atoms with Crippen LogP contribution in [0.15, 0.2) is 0 Å². The normalized spacial score (nSPS) is 7.00. The Morgan fingerprint density at radius 3 is 1.40 bits per heavy atom. The van der Waals surface area contributed by atoms with Crippen molar-refractivity contribution in [1.82, 2.24) is 0 Å².